The second-order valence-electron chi connectivity index (χ2n) is 6.23. The molecule has 7 nitrogen and oxygen atoms in total. The van der Waals surface area contributed by atoms with Gasteiger partial charge < -0.3 is 9.64 Å². The molecule has 0 N–H and O–H groups in total. The number of ether oxygens (including phenoxy) is 1. The summed E-state index contributed by atoms with van der Waals surface area (Å²) in [4.78, 5) is 18.9. The molecular formula is C15H22BrN5O2. The van der Waals surface area contributed by atoms with E-state index in [4.69, 9.17) is 4.74 Å². The number of nitrogens with zero attached hydrogens (tertiary/aromatic N) is 5. The predicted octanol–water partition coefficient (Wildman–Crippen LogP) is 2.24. The normalized spacial score (nSPS) is 18.2. The maximum atomic E-state index is 12.7. The summed E-state index contributed by atoms with van der Waals surface area (Å²) in [6.45, 7) is 5.61. The van der Waals surface area contributed by atoms with Gasteiger partial charge in [-0.2, -0.15) is 4.52 Å². The van der Waals surface area contributed by atoms with Crippen LogP contribution in [-0.2, 0) is 4.74 Å². The molecule has 1 saturated heterocycles. The number of anilines is 1. The second-order valence-corrected chi connectivity index (χ2v) is 7.04. The summed E-state index contributed by atoms with van der Waals surface area (Å²) >= 11 is 3.39. The lowest BCUT2D eigenvalue weighted by atomic mass is 10.2. The van der Waals surface area contributed by atoms with Gasteiger partial charge in [0.05, 0.1) is 12.3 Å². The lowest BCUT2D eigenvalue weighted by Gasteiger charge is -2.24. The van der Waals surface area contributed by atoms with Crippen LogP contribution in [0.1, 0.15) is 39.2 Å². The summed E-state index contributed by atoms with van der Waals surface area (Å²) in [6.07, 6.45) is 5.11. The molecule has 23 heavy (non-hydrogen) atoms. The van der Waals surface area contributed by atoms with Crippen molar-refractivity contribution in [1.29, 1.82) is 0 Å². The molecule has 0 spiro atoms. The molecule has 1 unspecified atom stereocenters. The standard InChI is InChI=1S/C15H22BrN5O2/c1-10(2)20-14(22)13-17-9-12(16)21(13)18-15(20)19(3)7-6-11-5-4-8-23-11/h9-11H,4-8H2,1-3H3. The third-order valence-electron chi connectivity index (χ3n) is 4.18. The van der Waals surface area contributed by atoms with Gasteiger partial charge in [0.1, 0.15) is 4.60 Å². The first kappa shape index (κ1) is 16.4. The number of hydrogen-bond acceptors (Lipinski definition) is 5. The number of fused-ring (bicyclic) bond motifs is 1. The van der Waals surface area contributed by atoms with Crippen molar-refractivity contribution in [1.82, 2.24) is 19.2 Å². The van der Waals surface area contributed by atoms with Crippen LogP contribution in [0, 0.1) is 0 Å². The largest absolute Gasteiger partial charge is 0.378 e. The number of hydrogen-bond donors (Lipinski definition) is 0. The third kappa shape index (κ3) is 3.14. The molecule has 2 aromatic heterocycles. The molecule has 0 aliphatic carbocycles. The van der Waals surface area contributed by atoms with E-state index in [1.54, 1.807) is 15.3 Å². The monoisotopic (exact) mass is 383 g/mol. The van der Waals surface area contributed by atoms with Crippen LogP contribution in [0.4, 0.5) is 5.95 Å². The average Bonchev–Trinajstić information content (AvgIpc) is 3.14. The van der Waals surface area contributed by atoms with Crippen molar-refractivity contribution in [3.05, 3.63) is 21.2 Å². The number of halogens is 1. The SMILES string of the molecule is CC(C)n1c(N(C)CCC2CCCO2)nn2c(Br)cnc2c1=O. The first-order valence-electron chi connectivity index (χ1n) is 7.97. The van der Waals surface area contributed by atoms with Crippen LogP contribution in [-0.4, -0.2) is 45.5 Å². The summed E-state index contributed by atoms with van der Waals surface area (Å²) in [5.41, 5.74) is 0.210. The lowest BCUT2D eigenvalue weighted by Crippen LogP contribution is -2.34. The smallest absolute Gasteiger partial charge is 0.298 e. The molecule has 1 aliphatic rings. The Bertz CT molecular complexity index is 748. The Labute approximate surface area is 143 Å². The molecule has 1 aliphatic heterocycles. The van der Waals surface area contributed by atoms with E-state index in [0.717, 1.165) is 32.4 Å². The molecule has 0 radical (unpaired) electrons. The maximum Gasteiger partial charge on any atom is 0.298 e. The minimum absolute atomic E-state index is 0.00987. The summed E-state index contributed by atoms with van der Waals surface area (Å²) in [6, 6.07) is 0.00987. The highest BCUT2D eigenvalue weighted by Gasteiger charge is 2.21. The van der Waals surface area contributed by atoms with Gasteiger partial charge in [0.2, 0.25) is 11.6 Å². The van der Waals surface area contributed by atoms with E-state index in [0.29, 0.717) is 22.3 Å². The number of rotatable bonds is 5. The highest BCUT2D eigenvalue weighted by atomic mass is 79.9. The molecule has 0 bridgehead atoms. The molecule has 0 aromatic carbocycles. The van der Waals surface area contributed by atoms with Gasteiger partial charge in [0, 0.05) is 26.2 Å². The van der Waals surface area contributed by atoms with Crippen LogP contribution in [0.5, 0.6) is 0 Å². The summed E-state index contributed by atoms with van der Waals surface area (Å²) < 4.78 is 9.61. The summed E-state index contributed by atoms with van der Waals surface area (Å²) in [5, 5.41) is 4.62. The average molecular weight is 384 g/mol. The van der Waals surface area contributed by atoms with Crippen molar-refractivity contribution in [2.75, 3.05) is 25.1 Å². The molecule has 0 amide bonds. The number of imidazole rings is 1. The van der Waals surface area contributed by atoms with E-state index in [1.807, 2.05) is 25.8 Å². The van der Waals surface area contributed by atoms with Gasteiger partial charge in [0.25, 0.3) is 5.56 Å². The van der Waals surface area contributed by atoms with Crippen molar-refractivity contribution in [2.45, 2.75) is 45.3 Å². The molecule has 2 aromatic rings. The van der Waals surface area contributed by atoms with Gasteiger partial charge in [-0.3, -0.25) is 9.36 Å². The Balaban J connectivity index is 1.95. The Morgan fingerprint density at radius 1 is 1.52 bits per heavy atom. The van der Waals surface area contributed by atoms with E-state index in [-0.39, 0.29) is 11.6 Å². The van der Waals surface area contributed by atoms with Crippen molar-refractivity contribution in [3.8, 4) is 0 Å². The first-order chi connectivity index (χ1) is 11.0. The van der Waals surface area contributed by atoms with Gasteiger partial charge in [-0.15, -0.1) is 5.10 Å². The highest BCUT2D eigenvalue weighted by molar-refractivity contribution is 9.10. The Kier molecular flexibility index (Phi) is 4.72. The molecular weight excluding hydrogens is 362 g/mol. The minimum atomic E-state index is -0.125. The van der Waals surface area contributed by atoms with Crippen LogP contribution < -0.4 is 10.5 Å². The van der Waals surface area contributed by atoms with Gasteiger partial charge >= 0.3 is 0 Å². The Morgan fingerprint density at radius 3 is 2.96 bits per heavy atom. The molecule has 1 atom stereocenters. The van der Waals surface area contributed by atoms with E-state index in [9.17, 15) is 4.79 Å². The van der Waals surface area contributed by atoms with Crippen LogP contribution in [0.15, 0.2) is 15.6 Å². The van der Waals surface area contributed by atoms with Gasteiger partial charge in [-0.05, 0) is 49.0 Å². The zero-order valence-electron chi connectivity index (χ0n) is 13.7. The van der Waals surface area contributed by atoms with Gasteiger partial charge in [0.15, 0.2) is 0 Å². The minimum Gasteiger partial charge on any atom is -0.378 e. The summed E-state index contributed by atoms with van der Waals surface area (Å²) in [5.74, 6) is 0.647. The fourth-order valence-electron chi connectivity index (χ4n) is 2.94. The molecule has 1 fully saturated rings. The number of aromatic nitrogens is 4. The fourth-order valence-corrected chi connectivity index (χ4v) is 3.29. The predicted molar refractivity (Wildman–Crippen MR) is 92.2 cm³/mol. The molecule has 3 heterocycles. The first-order valence-corrected chi connectivity index (χ1v) is 8.77. The quantitative estimate of drug-likeness (QED) is 0.791. The van der Waals surface area contributed by atoms with Crippen molar-refractivity contribution in [3.63, 3.8) is 0 Å². The lowest BCUT2D eigenvalue weighted by molar-refractivity contribution is 0.106. The van der Waals surface area contributed by atoms with Crippen LogP contribution in [0.25, 0.3) is 5.65 Å². The highest BCUT2D eigenvalue weighted by Crippen LogP contribution is 2.19. The Morgan fingerprint density at radius 2 is 2.30 bits per heavy atom. The topological polar surface area (TPSA) is 64.7 Å². The van der Waals surface area contributed by atoms with Crippen LogP contribution in [0.2, 0.25) is 0 Å². The van der Waals surface area contributed by atoms with E-state index < -0.39 is 0 Å². The second kappa shape index (κ2) is 6.60. The molecule has 126 valence electrons. The summed E-state index contributed by atoms with van der Waals surface area (Å²) in [7, 11) is 1.96. The van der Waals surface area contributed by atoms with Crippen LogP contribution >= 0.6 is 15.9 Å². The zero-order valence-corrected chi connectivity index (χ0v) is 15.3. The van der Waals surface area contributed by atoms with Crippen molar-refractivity contribution in [2.24, 2.45) is 0 Å². The van der Waals surface area contributed by atoms with Gasteiger partial charge in [-0.25, -0.2) is 4.98 Å². The molecule has 8 heteroatoms. The molecule has 0 saturated carbocycles. The molecule has 3 rings (SSSR count). The zero-order chi connectivity index (χ0) is 16.6. The third-order valence-corrected chi connectivity index (χ3v) is 4.72. The van der Waals surface area contributed by atoms with Crippen molar-refractivity contribution >= 4 is 27.5 Å². The fraction of sp³-hybridized carbons (Fsp3) is 0.667. The van der Waals surface area contributed by atoms with E-state index >= 15 is 0 Å². The van der Waals surface area contributed by atoms with E-state index in [2.05, 4.69) is 26.0 Å². The maximum absolute atomic E-state index is 12.7. The Hall–Kier alpha value is -1.41. The van der Waals surface area contributed by atoms with Crippen LogP contribution in [0.3, 0.4) is 0 Å². The van der Waals surface area contributed by atoms with E-state index in [1.165, 1.54) is 0 Å². The van der Waals surface area contributed by atoms with Crippen molar-refractivity contribution < 1.29 is 4.74 Å². The van der Waals surface area contributed by atoms with Gasteiger partial charge in [-0.1, -0.05) is 0 Å².